The number of rotatable bonds is 13. The van der Waals surface area contributed by atoms with Gasteiger partial charge in [-0.1, -0.05) is 63.3 Å². The number of aromatic nitrogens is 1. The van der Waals surface area contributed by atoms with Crippen LogP contribution in [0, 0.1) is 11.7 Å². The lowest BCUT2D eigenvalue weighted by Crippen LogP contribution is -2.28. The molecule has 43 heavy (non-hydrogen) atoms. The van der Waals surface area contributed by atoms with Gasteiger partial charge in [-0.05, 0) is 72.6 Å². The Labute approximate surface area is 253 Å². The van der Waals surface area contributed by atoms with Crippen LogP contribution in [0.2, 0.25) is 0 Å². The standard InChI is InChI=1S/C35H43FN2O5/c1-22(2)33-32(35(42)37-29-13-9-8-10-23(29)3)31(24-11-6-5-7-12-24)34(25-14-16-26(36)17-15-25)38(33)19-18-27(39)20-28(40)21-30(41)43-4/h5-9,11-17,22-23,27-28,30,39-41H,10,18-21H2,1-4H3,(H,37,42). The van der Waals surface area contributed by atoms with Gasteiger partial charge >= 0.3 is 0 Å². The molecule has 0 radical (unpaired) electrons. The van der Waals surface area contributed by atoms with Crippen molar-refractivity contribution in [2.75, 3.05) is 7.11 Å². The minimum Gasteiger partial charge on any atom is -0.393 e. The zero-order valence-corrected chi connectivity index (χ0v) is 25.3. The Morgan fingerprint density at radius 2 is 1.72 bits per heavy atom. The van der Waals surface area contributed by atoms with Crippen LogP contribution < -0.4 is 5.32 Å². The van der Waals surface area contributed by atoms with E-state index in [1.807, 2.05) is 56.3 Å². The molecular formula is C35H43FN2O5. The first-order valence-corrected chi connectivity index (χ1v) is 14.9. The monoisotopic (exact) mass is 590 g/mol. The molecule has 0 saturated heterocycles. The van der Waals surface area contributed by atoms with Gasteiger partial charge in [0.1, 0.15) is 5.82 Å². The second-order valence-corrected chi connectivity index (χ2v) is 11.6. The normalized spacial score (nSPS) is 17.0. The number of hydrogen-bond acceptors (Lipinski definition) is 5. The van der Waals surface area contributed by atoms with E-state index in [2.05, 4.69) is 22.9 Å². The van der Waals surface area contributed by atoms with E-state index in [4.69, 9.17) is 4.74 Å². The first-order valence-electron chi connectivity index (χ1n) is 14.9. The van der Waals surface area contributed by atoms with Gasteiger partial charge in [-0.3, -0.25) is 4.79 Å². The van der Waals surface area contributed by atoms with Crippen molar-refractivity contribution in [3.05, 3.63) is 95.6 Å². The number of benzene rings is 2. The van der Waals surface area contributed by atoms with Crippen LogP contribution in [0.4, 0.5) is 4.39 Å². The molecule has 4 N–H and O–H groups in total. The number of halogens is 1. The number of carbonyl (C=O) groups is 1. The fraction of sp³-hybridized carbons (Fsp3) is 0.400. The van der Waals surface area contributed by atoms with Crippen LogP contribution in [-0.4, -0.2) is 51.4 Å². The molecule has 1 aliphatic carbocycles. The largest absolute Gasteiger partial charge is 0.393 e. The summed E-state index contributed by atoms with van der Waals surface area (Å²) >= 11 is 0. The van der Waals surface area contributed by atoms with Gasteiger partial charge in [-0.15, -0.1) is 0 Å². The van der Waals surface area contributed by atoms with E-state index in [1.165, 1.54) is 19.2 Å². The Hall–Kier alpha value is -3.56. The highest BCUT2D eigenvalue weighted by Gasteiger charge is 2.31. The summed E-state index contributed by atoms with van der Waals surface area (Å²) in [7, 11) is 1.35. The Kier molecular flexibility index (Phi) is 11.1. The molecule has 4 unspecified atom stereocenters. The molecule has 4 rings (SSSR count). The van der Waals surface area contributed by atoms with Crippen molar-refractivity contribution in [1.29, 1.82) is 0 Å². The van der Waals surface area contributed by atoms with E-state index < -0.39 is 18.5 Å². The average Bonchev–Trinajstić information content (AvgIpc) is 3.33. The highest BCUT2D eigenvalue weighted by molar-refractivity contribution is 6.07. The molecule has 230 valence electrons. The van der Waals surface area contributed by atoms with Crippen molar-refractivity contribution >= 4 is 5.91 Å². The van der Waals surface area contributed by atoms with E-state index in [0.29, 0.717) is 12.1 Å². The van der Waals surface area contributed by atoms with E-state index in [9.17, 15) is 24.5 Å². The highest BCUT2D eigenvalue weighted by Crippen LogP contribution is 2.42. The molecule has 8 heteroatoms. The number of methoxy groups -OCH3 is 1. The molecule has 1 aromatic heterocycles. The molecule has 0 fully saturated rings. The predicted molar refractivity (Wildman–Crippen MR) is 167 cm³/mol. The summed E-state index contributed by atoms with van der Waals surface area (Å²) in [5.41, 5.74) is 5.28. The molecule has 1 aliphatic rings. The predicted octanol–water partition coefficient (Wildman–Crippen LogP) is 6.15. The number of ether oxygens (including phenoxy) is 1. The van der Waals surface area contributed by atoms with Crippen LogP contribution in [0.3, 0.4) is 0 Å². The number of nitrogens with zero attached hydrogens (tertiary/aromatic N) is 1. The van der Waals surface area contributed by atoms with Crippen molar-refractivity contribution in [1.82, 2.24) is 9.88 Å². The lowest BCUT2D eigenvalue weighted by Gasteiger charge is -2.21. The van der Waals surface area contributed by atoms with Gasteiger partial charge in [0, 0.05) is 37.0 Å². The minimum atomic E-state index is -1.11. The maximum atomic E-state index is 14.3. The topological polar surface area (TPSA) is 104 Å². The van der Waals surface area contributed by atoms with Crippen LogP contribution in [0.15, 0.2) is 78.5 Å². The summed E-state index contributed by atoms with van der Waals surface area (Å²) in [6.45, 7) is 6.48. The minimum absolute atomic E-state index is 0.0128. The van der Waals surface area contributed by atoms with Gasteiger partial charge in [-0.25, -0.2) is 4.39 Å². The molecule has 4 atom stereocenters. The van der Waals surface area contributed by atoms with Crippen LogP contribution in [0.1, 0.15) is 68.4 Å². The van der Waals surface area contributed by atoms with Crippen molar-refractivity contribution in [3.8, 4) is 22.4 Å². The first kappa shape index (κ1) is 32.4. The summed E-state index contributed by atoms with van der Waals surface area (Å²) in [6.07, 6.45) is 4.19. The average molecular weight is 591 g/mol. The maximum absolute atomic E-state index is 14.3. The zero-order valence-electron chi connectivity index (χ0n) is 25.3. The van der Waals surface area contributed by atoms with E-state index in [-0.39, 0.29) is 42.8 Å². The quantitative estimate of drug-likeness (QED) is 0.179. The number of nitrogens with one attached hydrogen (secondary N) is 1. The SMILES string of the molecule is COC(O)CC(O)CC(O)CCn1c(-c2ccc(F)cc2)c(-c2ccccc2)c(C(=O)NC2=CC=CCC2C)c1C(C)C. The molecule has 0 spiro atoms. The Morgan fingerprint density at radius 3 is 2.35 bits per heavy atom. The Morgan fingerprint density at radius 1 is 1.02 bits per heavy atom. The third-order valence-corrected chi connectivity index (χ3v) is 7.92. The number of carbonyl (C=O) groups excluding carboxylic acids is 1. The van der Waals surface area contributed by atoms with Crippen molar-refractivity contribution in [3.63, 3.8) is 0 Å². The van der Waals surface area contributed by atoms with E-state index in [1.54, 1.807) is 12.1 Å². The second-order valence-electron chi connectivity index (χ2n) is 11.6. The summed E-state index contributed by atoms with van der Waals surface area (Å²) in [5.74, 6) is -0.496. The number of allylic oxidation sites excluding steroid dienone is 4. The fourth-order valence-corrected chi connectivity index (χ4v) is 5.73. The smallest absolute Gasteiger partial charge is 0.257 e. The number of aliphatic hydroxyl groups excluding tert-OH is 3. The van der Waals surface area contributed by atoms with Crippen molar-refractivity contribution < 1.29 is 29.2 Å². The Bertz CT molecular complexity index is 1430. The van der Waals surface area contributed by atoms with Gasteiger partial charge < -0.3 is 29.9 Å². The lowest BCUT2D eigenvalue weighted by molar-refractivity contribution is -0.102. The fourth-order valence-electron chi connectivity index (χ4n) is 5.73. The van der Waals surface area contributed by atoms with Crippen molar-refractivity contribution in [2.45, 2.75) is 77.4 Å². The number of hydrogen-bond donors (Lipinski definition) is 4. The van der Waals surface area contributed by atoms with Crippen molar-refractivity contribution in [2.24, 2.45) is 5.92 Å². The molecule has 2 aromatic carbocycles. The molecule has 1 heterocycles. The first-order chi connectivity index (χ1) is 20.6. The molecule has 0 aliphatic heterocycles. The molecule has 3 aromatic rings. The van der Waals surface area contributed by atoms with E-state index in [0.717, 1.165) is 40.2 Å². The third-order valence-electron chi connectivity index (χ3n) is 7.92. The Balaban J connectivity index is 1.85. The van der Waals surface area contributed by atoms with Gasteiger partial charge in [0.15, 0.2) is 6.29 Å². The van der Waals surface area contributed by atoms with Gasteiger partial charge in [-0.2, -0.15) is 0 Å². The van der Waals surface area contributed by atoms with Gasteiger partial charge in [0.25, 0.3) is 5.91 Å². The van der Waals surface area contributed by atoms with Gasteiger partial charge in [0.2, 0.25) is 0 Å². The van der Waals surface area contributed by atoms with Crippen LogP contribution in [0.25, 0.3) is 22.4 Å². The summed E-state index contributed by atoms with van der Waals surface area (Å²) in [5, 5.41) is 34.2. The third kappa shape index (κ3) is 7.89. The highest BCUT2D eigenvalue weighted by atomic mass is 19.1. The summed E-state index contributed by atoms with van der Waals surface area (Å²) in [4.78, 5) is 14.3. The molecule has 1 amide bonds. The maximum Gasteiger partial charge on any atom is 0.257 e. The lowest BCUT2D eigenvalue weighted by atomic mass is 9.93. The second kappa shape index (κ2) is 14.8. The van der Waals surface area contributed by atoms with Crippen LogP contribution >= 0.6 is 0 Å². The van der Waals surface area contributed by atoms with Crippen LogP contribution in [0.5, 0.6) is 0 Å². The van der Waals surface area contributed by atoms with Gasteiger partial charge in [0.05, 0.1) is 23.5 Å². The number of aliphatic hydroxyl groups is 3. The summed E-state index contributed by atoms with van der Waals surface area (Å²) in [6, 6.07) is 15.9. The van der Waals surface area contributed by atoms with Crippen LogP contribution in [-0.2, 0) is 11.3 Å². The molecule has 0 bridgehead atoms. The molecule has 0 saturated carbocycles. The number of amides is 1. The molecular weight excluding hydrogens is 547 g/mol. The van der Waals surface area contributed by atoms with E-state index >= 15 is 0 Å². The summed E-state index contributed by atoms with van der Waals surface area (Å²) < 4.78 is 21.0. The molecule has 7 nitrogen and oxygen atoms in total. The zero-order chi connectivity index (χ0) is 31.1.